The molecule has 6 heteroatoms. The van der Waals surface area contributed by atoms with Gasteiger partial charge in [0.05, 0.1) is 29.6 Å². The Labute approximate surface area is 95.9 Å². The molecule has 0 spiro atoms. The quantitative estimate of drug-likeness (QED) is 0.765. The maximum Gasteiger partial charge on any atom is 0.266 e. The van der Waals surface area contributed by atoms with E-state index in [2.05, 4.69) is 4.98 Å². The molecule has 0 saturated heterocycles. The Hall–Kier alpha value is -1.72. The summed E-state index contributed by atoms with van der Waals surface area (Å²) in [6, 6.07) is 4.69. The molecular weight excluding hydrogens is 236 g/mol. The average Bonchev–Trinajstić information content (AvgIpc) is 2.27. The first-order chi connectivity index (χ1) is 7.63. The minimum absolute atomic E-state index is 0.0105. The van der Waals surface area contributed by atoms with Gasteiger partial charge in [-0.25, -0.2) is 13.8 Å². The summed E-state index contributed by atoms with van der Waals surface area (Å²) in [6.45, 7) is 0. The number of hydrogen-bond acceptors (Lipinski definition) is 3. The highest BCUT2D eigenvalue weighted by Gasteiger charge is 2.20. The lowest BCUT2D eigenvalue weighted by Crippen LogP contribution is -2.03. The monoisotopic (exact) mass is 241 g/mol. The van der Waals surface area contributed by atoms with E-state index in [0.717, 1.165) is 0 Å². The minimum atomic E-state index is -2.82. The second-order valence-electron chi connectivity index (χ2n) is 2.92. The summed E-state index contributed by atoms with van der Waals surface area (Å²) in [6.07, 6.45) is -3.02. The zero-order valence-electron chi connectivity index (χ0n) is 8.04. The predicted octanol–water partition coefficient (Wildman–Crippen LogP) is 2.70. The smallest absolute Gasteiger partial charge is 0.240 e. The van der Waals surface area contributed by atoms with E-state index in [1.807, 2.05) is 0 Å². The van der Waals surface area contributed by atoms with Crippen molar-refractivity contribution in [1.29, 1.82) is 10.5 Å². The first-order valence-corrected chi connectivity index (χ1v) is 4.81. The molecule has 0 N–H and O–H groups in total. The van der Waals surface area contributed by atoms with Gasteiger partial charge in [-0.2, -0.15) is 10.5 Å². The summed E-state index contributed by atoms with van der Waals surface area (Å²) in [7, 11) is 0. The van der Waals surface area contributed by atoms with Crippen LogP contribution in [-0.4, -0.2) is 4.98 Å². The van der Waals surface area contributed by atoms with Crippen LogP contribution in [0.15, 0.2) is 6.07 Å². The number of hydrogen-bond donors (Lipinski definition) is 0. The minimum Gasteiger partial charge on any atom is -0.240 e. The van der Waals surface area contributed by atoms with Gasteiger partial charge in [-0.05, 0) is 11.6 Å². The van der Waals surface area contributed by atoms with Crippen molar-refractivity contribution >= 4 is 11.6 Å². The Morgan fingerprint density at radius 3 is 2.56 bits per heavy atom. The van der Waals surface area contributed by atoms with Gasteiger partial charge in [0.25, 0.3) is 6.43 Å². The van der Waals surface area contributed by atoms with Crippen LogP contribution in [0, 0.1) is 22.7 Å². The molecule has 1 heterocycles. The number of halogens is 3. The second-order valence-corrected chi connectivity index (χ2v) is 3.18. The lowest BCUT2D eigenvalue weighted by atomic mass is 10.0. The van der Waals surface area contributed by atoms with Gasteiger partial charge in [0.2, 0.25) is 0 Å². The largest absolute Gasteiger partial charge is 0.266 e. The van der Waals surface area contributed by atoms with Crippen LogP contribution < -0.4 is 0 Å². The number of nitriles is 2. The zero-order chi connectivity index (χ0) is 12.1. The van der Waals surface area contributed by atoms with E-state index in [-0.39, 0.29) is 23.6 Å². The fourth-order valence-corrected chi connectivity index (χ4v) is 1.43. The molecule has 0 bridgehead atoms. The highest BCUT2D eigenvalue weighted by atomic mass is 35.5. The highest BCUT2D eigenvalue weighted by Crippen LogP contribution is 2.27. The normalized spacial score (nSPS) is 9.88. The maximum atomic E-state index is 12.7. The SMILES string of the molecule is N#CCc1cc(CCl)nc(C#N)c1C(F)F. The summed E-state index contributed by atoms with van der Waals surface area (Å²) >= 11 is 5.52. The second kappa shape index (κ2) is 5.39. The summed E-state index contributed by atoms with van der Waals surface area (Å²) in [5, 5.41) is 17.2. The van der Waals surface area contributed by atoms with E-state index in [9.17, 15) is 8.78 Å². The molecule has 16 heavy (non-hydrogen) atoms. The predicted molar refractivity (Wildman–Crippen MR) is 52.8 cm³/mol. The van der Waals surface area contributed by atoms with Crippen LogP contribution in [0.4, 0.5) is 8.78 Å². The number of rotatable bonds is 3. The van der Waals surface area contributed by atoms with Crippen molar-refractivity contribution in [3.05, 3.63) is 28.6 Å². The summed E-state index contributed by atoms with van der Waals surface area (Å²) < 4.78 is 25.4. The van der Waals surface area contributed by atoms with E-state index >= 15 is 0 Å². The Morgan fingerprint density at radius 1 is 1.44 bits per heavy atom. The molecule has 0 atom stereocenters. The maximum absolute atomic E-state index is 12.7. The van der Waals surface area contributed by atoms with Crippen LogP contribution in [-0.2, 0) is 12.3 Å². The molecule has 0 aliphatic carbocycles. The molecule has 0 fully saturated rings. The lowest BCUT2D eigenvalue weighted by molar-refractivity contribution is 0.149. The molecule has 0 aromatic carbocycles. The average molecular weight is 242 g/mol. The Balaban J connectivity index is 3.43. The molecule has 0 amide bonds. The summed E-state index contributed by atoms with van der Waals surface area (Å²) in [4.78, 5) is 3.69. The van der Waals surface area contributed by atoms with Gasteiger partial charge in [-0.15, -0.1) is 11.6 Å². The Bertz CT molecular complexity index is 474. The van der Waals surface area contributed by atoms with Crippen molar-refractivity contribution in [2.45, 2.75) is 18.7 Å². The first kappa shape index (κ1) is 12.4. The van der Waals surface area contributed by atoms with Gasteiger partial charge < -0.3 is 0 Å². The van der Waals surface area contributed by atoms with E-state index in [0.29, 0.717) is 5.69 Å². The lowest BCUT2D eigenvalue weighted by Gasteiger charge is -2.09. The number of nitrogens with zero attached hydrogens (tertiary/aromatic N) is 3. The van der Waals surface area contributed by atoms with E-state index in [1.165, 1.54) is 6.07 Å². The molecule has 0 aliphatic rings. The Morgan fingerprint density at radius 2 is 2.12 bits per heavy atom. The van der Waals surface area contributed by atoms with Crippen LogP contribution in [0.1, 0.15) is 28.9 Å². The summed E-state index contributed by atoms with van der Waals surface area (Å²) in [5.41, 5.74) is -0.413. The number of pyridine rings is 1. The first-order valence-electron chi connectivity index (χ1n) is 4.27. The van der Waals surface area contributed by atoms with Gasteiger partial charge in [-0.1, -0.05) is 0 Å². The molecule has 0 saturated carbocycles. The Kier molecular flexibility index (Phi) is 4.16. The fourth-order valence-electron chi connectivity index (χ4n) is 1.30. The molecular formula is C10H6ClF2N3. The van der Waals surface area contributed by atoms with Crippen molar-refractivity contribution in [3.8, 4) is 12.1 Å². The molecule has 1 rings (SSSR count). The number of aromatic nitrogens is 1. The van der Waals surface area contributed by atoms with Crippen molar-refractivity contribution in [3.63, 3.8) is 0 Å². The van der Waals surface area contributed by atoms with Crippen LogP contribution in [0.3, 0.4) is 0 Å². The van der Waals surface area contributed by atoms with Crippen LogP contribution in [0.2, 0.25) is 0 Å². The van der Waals surface area contributed by atoms with Crippen LogP contribution >= 0.6 is 11.6 Å². The fraction of sp³-hybridized carbons (Fsp3) is 0.300. The third-order valence-corrected chi connectivity index (χ3v) is 2.20. The highest BCUT2D eigenvalue weighted by molar-refractivity contribution is 6.16. The number of alkyl halides is 3. The van der Waals surface area contributed by atoms with Crippen molar-refractivity contribution in [1.82, 2.24) is 4.98 Å². The molecule has 0 unspecified atom stereocenters. The molecule has 3 nitrogen and oxygen atoms in total. The van der Waals surface area contributed by atoms with Crippen LogP contribution in [0.5, 0.6) is 0 Å². The topological polar surface area (TPSA) is 60.5 Å². The molecule has 82 valence electrons. The van der Waals surface area contributed by atoms with Gasteiger partial charge in [0.1, 0.15) is 11.8 Å². The van der Waals surface area contributed by atoms with Crippen LogP contribution in [0.25, 0.3) is 0 Å². The van der Waals surface area contributed by atoms with E-state index in [1.54, 1.807) is 12.1 Å². The third-order valence-electron chi connectivity index (χ3n) is 1.93. The van der Waals surface area contributed by atoms with Gasteiger partial charge in [-0.3, -0.25) is 0 Å². The van der Waals surface area contributed by atoms with E-state index < -0.39 is 12.0 Å². The molecule has 1 aromatic rings. The van der Waals surface area contributed by atoms with Crippen molar-refractivity contribution < 1.29 is 8.78 Å². The molecule has 0 aliphatic heterocycles. The molecule has 0 radical (unpaired) electrons. The third kappa shape index (κ3) is 2.44. The molecule has 1 aromatic heterocycles. The summed E-state index contributed by atoms with van der Waals surface area (Å²) in [5.74, 6) is 0.0105. The standard InChI is InChI=1S/C10H6ClF2N3/c11-4-7-3-6(1-2-14)9(10(12)13)8(5-15)16-7/h3,10H,1,4H2. The zero-order valence-corrected chi connectivity index (χ0v) is 8.80. The van der Waals surface area contributed by atoms with Crippen molar-refractivity contribution in [2.75, 3.05) is 0 Å². The van der Waals surface area contributed by atoms with E-state index in [4.69, 9.17) is 22.1 Å². The van der Waals surface area contributed by atoms with Gasteiger partial charge >= 0.3 is 0 Å². The van der Waals surface area contributed by atoms with Gasteiger partial charge in [0, 0.05) is 0 Å². The van der Waals surface area contributed by atoms with Gasteiger partial charge in [0.15, 0.2) is 0 Å². The van der Waals surface area contributed by atoms with Crippen molar-refractivity contribution in [2.24, 2.45) is 0 Å².